The van der Waals surface area contributed by atoms with Gasteiger partial charge in [0.15, 0.2) is 9.84 Å². The normalized spacial score (nSPS) is 19.3. The van der Waals surface area contributed by atoms with E-state index in [-0.39, 0.29) is 29.4 Å². The van der Waals surface area contributed by atoms with Crippen molar-refractivity contribution in [2.45, 2.75) is 25.3 Å². The number of ether oxygens (including phenoxy) is 1. The van der Waals surface area contributed by atoms with Gasteiger partial charge in [-0.15, -0.1) is 0 Å². The van der Waals surface area contributed by atoms with Crippen LogP contribution in [0.3, 0.4) is 0 Å². The molecule has 0 unspecified atom stereocenters. The second-order valence-electron chi connectivity index (χ2n) is 5.51. The Hall–Kier alpha value is -1.83. The summed E-state index contributed by atoms with van der Waals surface area (Å²) in [4.78, 5) is 11.6. The highest BCUT2D eigenvalue weighted by molar-refractivity contribution is 7.91. The molecule has 1 saturated heterocycles. The Morgan fingerprint density at radius 1 is 1.26 bits per heavy atom. The van der Waals surface area contributed by atoms with Crippen molar-refractivity contribution in [1.82, 2.24) is 10.6 Å². The zero-order valence-electron chi connectivity index (χ0n) is 12.8. The molecule has 1 heterocycles. The summed E-state index contributed by atoms with van der Waals surface area (Å²) < 4.78 is 40.7. The predicted octanol–water partition coefficient (Wildman–Crippen LogP) is 1.47. The van der Waals surface area contributed by atoms with E-state index in [1.165, 1.54) is 12.1 Å². The second kappa shape index (κ2) is 8.14. The van der Waals surface area contributed by atoms with Crippen LogP contribution in [0.4, 0.5) is 9.18 Å². The van der Waals surface area contributed by atoms with Crippen LogP contribution in [0.15, 0.2) is 24.3 Å². The highest BCUT2D eigenvalue weighted by atomic mass is 32.2. The summed E-state index contributed by atoms with van der Waals surface area (Å²) in [6, 6.07) is 5.18. The number of benzene rings is 1. The Morgan fingerprint density at radius 3 is 2.65 bits per heavy atom. The van der Waals surface area contributed by atoms with Crippen LogP contribution >= 0.6 is 0 Å². The van der Waals surface area contributed by atoms with Crippen molar-refractivity contribution in [3.05, 3.63) is 30.1 Å². The minimum atomic E-state index is -2.99. The van der Waals surface area contributed by atoms with Crippen LogP contribution in [0, 0.1) is 5.82 Å². The van der Waals surface area contributed by atoms with Gasteiger partial charge in [0, 0.05) is 12.6 Å². The van der Waals surface area contributed by atoms with Gasteiger partial charge in [-0.2, -0.15) is 0 Å². The Balaban J connectivity index is 1.52. The van der Waals surface area contributed by atoms with Crippen molar-refractivity contribution in [3.63, 3.8) is 0 Å². The molecule has 0 spiro atoms. The van der Waals surface area contributed by atoms with Crippen molar-refractivity contribution in [2.75, 3.05) is 24.7 Å². The highest BCUT2D eigenvalue weighted by Crippen LogP contribution is 2.12. The molecule has 1 aliphatic heterocycles. The molecule has 0 saturated carbocycles. The third-order valence-corrected chi connectivity index (χ3v) is 5.27. The Morgan fingerprint density at radius 2 is 2.00 bits per heavy atom. The lowest BCUT2D eigenvalue weighted by Crippen LogP contribution is -2.42. The Kier molecular flexibility index (Phi) is 6.20. The standard InChI is InChI=1S/C15H21FN2O4S/c16-12-3-5-14(6-4-12)22-9-2-1-8-17-15(19)18-13-7-10-23(20,21)11-13/h3-6,13H,1-2,7-11H2,(H2,17,18,19)/t13-/m1/s1. The number of halogens is 1. The van der Waals surface area contributed by atoms with Gasteiger partial charge in [-0.3, -0.25) is 0 Å². The van der Waals surface area contributed by atoms with Crippen molar-refractivity contribution in [1.29, 1.82) is 0 Å². The number of carbonyl (C=O) groups excluding carboxylic acids is 1. The molecule has 6 nitrogen and oxygen atoms in total. The fourth-order valence-corrected chi connectivity index (χ4v) is 3.97. The van der Waals surface area contributed by atoms with E-state index in [9.17, 15) is 17.6 Å². The van der Waals surface area contributed by atoms with Gasteiger partial charge < -0.3 is 15.4 Å². The molecule has 0 aromatic heterocycles. The third-order valence-electron chi connectivity index (χ3n) is 3.51. The zero-order valence-corrected chi connectivity index (χ0v) is 13.6. The van der Waals surface area contributed by atoms with Crippen molar-refractivity contribution in [2.24, 2.45) is 0 Å². The van der Waals surface area contributed by atoms with Gasteiger partial charge >= 0.3 is 6.03 Å². The molecule has 1 aromatic carbocycles. The van der Waals surface area contributed by atoms with Crippen molar-refractivity contribution in [3.8, 4) is 5.75 Å². The summed E-state index contributed by atoms with van der Waals surface area (Å²) in [5, 5.41) is 5.35. The number of rotatable bonds is 7. The monoisotopic (exact) mass is 344 g/mol. The largest absolute Gasteiger partial charge is 0.494 e. The molecule has 0 bridgehead atoms. The molecule has 2 N–H and O–H groups in total. The van der Waals surface area contributed by atoms with E-state index in [0.29, 0.717) is 25.3 Å². The lowest BCUT2D eigenvalue weighted by atomic mass is 10.3. The number of unbranched alkanes of at least 4 members (excludes halogenated alkanes) is 1. The average molecular weight is 344 g/mol. The van der Waals surface area contributed by atoms with Crippen molar-refractivity contribution >= 4 is 15.9 Å². The molecular weight excluding hydrogens is 323 g/mol. The van der Waals surface area contributed by atoms with E-state index >= 15 is 0 Å². The van der Waals surface area contributed by atoms with Crippen LogP contribution in [-0.4, -0.2) is 45.1 Å². The van der Waals surface area contributed by atoms with Crippen LogP contribution in [0.25, 0.3) is 0 Å². The Labute approximate surface area is 135 Å². The number of hydrogen-bond acceptors (Lipinski definition) is 4. The summed E-state index contributed by atoms with van der Waals surface area (Å²) in [6.45, 7) is 0.966. The van der Waals surface area contributed by atoms with Crippen LogP contribution < -0.4 is 15.4 Å². The molecule has 8 heteroatoms. The molecule has 0 aliphatic carbocycles. The fraction of sp³-hybridized carbons (Fsp3) is 0.533. The van der Waals surface area contributed by atoms with Gasteiger partial charge in [-0.05, 0) is 43.5 Å². The van der Waals surface area contributed by atoms with Crippen LogP contribution in [-0.2, 0) is 9.84 Å². The lowest BCUT2D eigenvalue weighted by Gasteiger charge is -2.12. The number of amides is 2. The van der Waals surface area contributed by atoms with E-state index in [4.69, 9.17) is 4.74 Å². The molecule has 0 radical (unpaired) electrons. The number of urea groups is 1. The first-order valence-corrected chi connectivity index (χ1v) is 9.40. The maximum atomic E-state index is 12.7. The smallest absolute Gasteiger partial charge is 0.315 e. The van der Waals surface area contributed by atoms with E-state index in [1.54, 1.807) is 12.1 Å². The summed E-state index contributed by atoms with van der Waals surface area (Å²) in [5.74, 6) is 0.465. The highest BCUT2D eigenvalue weighted by Gasteiger charge is 2.28. The second-order valence-corrected chi connectivity index (χ2v) is 7.74. The lowest BCUT2D eigenvalue weighted by molar-refractivity contribution is 0.237. The van der Waals surface area contributed by atoms with Crippen LogP contribution in [0.5, 0.6) is 5.75 Å². The SMILES string of the molecule is O=C(NCCCCOc1ccc(F)cc1)N[C@@H]1CCS(=O)(=O)C1. The first-order valence-electron chi connectivity index (χ1n) is 7.58. The summed E-state index contributed by atoms with van der Waals surface area (Å²) in [7, 11) is -2.99. The maximum Gasteiger partial charge on any atom is 0.315 e. The molecule has 1 atom stereocenters. The molecule has 23 heavy (non-hydrogen) atoms. The zero-order chi connectivity index (χ0) is 16.7. The van der Waals surface area contributed by atoms with Gasteiger partial charge in [0.05, 0.1) is 18.1 Å². The predicted molar refractivity (Wildman–Crippen MR) is 84.7 cm³/mol. The summed E-state index contributed by atoms with van der Waals surface area (Å²) in [5.41, 5.74) is 0. The summed E-state index contributed by atoms with van der Waals surface area (Å²) in [6.07, 6.45) is 1.95. The third kappa shape index (κ3) is 6.43. The molecule has 1 aliphatic rings. The van der Waals surface area contributed by atoms with Gasteiger partial charge in [0.25, 0.3) is 0 Å². The number of carbonyl (C=O) groups is 1. The van der Waals surface area contributed by atoms with E-state index in [1.807, 2.05) is 0 Å². The van der Waals surface area contributed by atoms with Gasteiger partial charge in [-0.1, -0.05) is 0 Å². The van der Waals surface area contributed by atoms with Gasteiger partial charge in [-0.25, -0.2) is 17.6 Å². The summed E-state index contributed by atoms with van der Waals surface area (Å²) >= 11 is 0. The van der Waals surface area contributed by atoms with Crippen LogP contribution in [0.1, 0.15) is 19.3 Å². The molecule has 2 amide bonds. The molecule has 1 aromatic rings. The van der Waals surface area contributed by atoms with Gasteiger partial charge in [0.1, 0.15) is 11.6 Å². The van der Waals surface area contributed by atoms with E-state index in [0.717, 1.165) is 12.8 Å². The minimum Gasteiger partial charge on any atom is -0.494 e. The quantitative estimate of drug-likeness (QED) is 0.734. The number of sulfone groups is 1. The first-order chi connectivity index (χ1) is 10.9. The van der Waals surface area contributed by atoms with Crippen molar-refractivity contribution < 1.29 is 22.3 Å². The van der Waals surface area contributed by atoms with E-state index < -0.39 is 9.84 Å². The number of nitrogens with one attached hydrogen (secondary N) is 2. The molecule has 1 fully saturated rings. The number of hydrogen-bond donors (Lipinski definition) is 2. The Bertz CT molecular complexity index is 619. The molecule has 128 valence electrons. The van der Waals surface area contributed by atoms with Gasteiger partial charge in [0.2, 0.25) is 0 Å². The van der Waals surface area contributed by atoms with E-state index in [2.05, 4.69) is 10.6 Å². The minimum absolute atomic E-state index is 0.0198. The topological polar surface area (TPSA) is 84.5 Å². The molecular formula is C15H21FN2O4S. The fourth-order valence-electron chi connectivity index (χ4n) is 2.30. The first kappa shape index (κ1) is 17.5. The van der Waals surface area contributed by atoms with Crippen LogP contribution in [0.2, 0.25) is 0 Å². The average Bonchev–Trinajstić information content (AvgIpc) is 2.83. The maximum absolute atomic E-state index is 12.7. The molecule has 2 rings (SSSR count).